The maximum absolute atomic E-state index is 10.1. The molecule has 0 atom stereocenters. The molecule has 1 saturated carbocycles. The van der Waals surface area contributed by atoms with Crippen LogP contribution in [0.2, 0.25) is 0 Å². The average molecular weight is 180 g/mol. The van der Waals surface area contributed by atoms with Gasteiger partial charge in [0.15, 0.2) is 5.82 Å². The van der Waals surface area contributed by atoms with E-state index >= 15 is 0 Å². The Balaban J connectivity index is 2.08. The molecule has 1 aromatic rings. The summed E-state index contributed by atoms with van der Waals surface area (Å²) in [5.41, 5.74) is 0. The minimum Gasteiger partial charge on any atom is -0.478 e. The molecule has 1 fully saturated rings. The van der Waals surface area contributed by atoms with E-state index in [4.69, 9.17) is 9.63 Å². The molecule has 0 aromatic carbocycles. The normalized spacial score (nSPS) is 16.6. The number of nitrogens with zero attached hydrogens (tertiary/aromatic N) is 2. The van der Waals surface area contributed by atoms with Gasteiger partial charge in [-0.2, -0.15) is 4.98 Å². The van der Waals surface area contributed by atoms with Crippen LogP contribution in [0.4, 0.5) is 0 Å². The van der Waals surface area contributed by atoms with Gasteiger partial charge in [0.25, 0.3) is 5.89 Å². The number of rotatable bonds is 3. The Labute approximate surface area is 74.1 Å². The second-order valence-electron chi connectivity index (χ2n) is 2.94. The van der Waals surface area contributed by atoms with Crippen molar-refractivity contribution in [2.24, 2.45) is 0 Å². The lowest BCUT2D eigenvalue weighted by Crippen LogP contribution is -1.86. The summed E-state index contributed by atoms with van der Waals surface area (Å²) in [5.74, 6) is 0.344. The van der Waals surface area contributed by atoms with E-state index < -0.39 is 5.97 Å². The summed E-state index contributed by atoms with van der Waals surface area (Å²) in [7, 11) is 0. The lowest BCUT2D eigenvalue weighted by Gasteiger charge is -1.79. The lowest BCUT2D eigenvalue weighted by molar-refractivity contribution is -0.131. The van der Waals surface area contributed by atoms with Gasteiger partial charge in [0.2, 0.25) is 0 Å². The average Bonchev–Trinajstić information content (AvgIpc) is 2.83. The summed E-state index contributed by atoms with van der Waals surface area (Å²) >= 11 is 0. The van der Waals surface area contributed by atoms with Gasteiger partial charge in [-0.1, -0.05) is 5.16 Å². The summed E-state index contributed by atoms with van der Waals surface area (Å²) in [6.07, 6.45) is 4.47. The summed E-state index contributed by atoms with van der Waals surface area (Å²) < 4.78 is 4.81. The number of carboxylic acid groups (broad SMARTS) is 1. The number of carbonyl (C=O) groups is 1. The van der Waals surface area contributed by atoms with Crippen LogP contribution >= 0.6 is 0 Å². The van der Waals surface area contributed by atoms with Crippen molar-refractivity contribution >= 4 is 12.0 Å². The molecule has 0 aliphatic heterocycles. The highest BCUT2D eigenvalue weighted by atomic mass is 16.5. The molecule has 0 unspecified atom stereocenters. The number of carboxylic acids is 1. The molecule has 0 spiro atoms. The van der Waals surface area contributed by atoms with Gasteiger partial charge in [0.1, 0.15) is 0 Å². The fourth-order valence-electron chi connectivity index (χ4n) is 0.965. The first-order chi connectivity index (χ1) is 6.25. The zero-order valence-electron chi connectivity index (χ0n) is 6.80. The highest BCUT2D eigenvalue weighted by Crippen LogP contribution is 2.38. The Kier molecular flexibility index (Phi) is 1.84. The van der Waals surface area contributed by atoms with Crippen LogP contribution in [0.1, 0.15) is 30.5 Å². The van der Waals surface area contributed by atoms with E-state index in [9.17, 15) is 4.79 Å². The van der Waals surface area contributed by atoms with Crippen molar-refractivity contribution in [1.82, 2.24) is 10.1 Å². The number of aliphatic carboxylic acids is 1. The quantitative estimate of drug-likeness (QED) is 0.703. The molecule has 0 bridgehead atoms. The van der Waals surface area contributed by atoms with Crippen LogP contribution in [0.3, 0.4) is 0 Å². The molecule has 13 heavy (non-hydrogen) atoms. The van der Waals surface area contributed by atoms with Crippen molar-refractivity contribution in [3.63, 3.8) is 0 Å². The molecular formula is C8H8N2O3. The molecule has 2 rings (SSSR count). The second-order valence-corrected chi connectivity index (χ2v) is 2.94. The maximum atomic E-state index is 10.1. The SMILES string of the molecule is O=C(O)C=Cc1nc(C2CC2)no1. The second kappa shape index (κ2) is 3.01. The van der Waals surface area contributed by atoms with Gasteiger partial charge in [-0.15, -0.1) is 0 Å². The summed E-state index contributed by atoms with van der Waals surface area (Å²) in [6.45, 7) is 0. The van der Waals surface area contributed by atoms with Crippen molar-refractivity contribution in [1.29, 1.82) is 0 Å². The van der Waals surface area contributed by atoms with Crippen molar-refractivity contribution in [2.75, 3.05) is 0 Å². The van der Waals surface area contributed by atoms with E-state index in [0.717, 1.165) is 18.9 Å². The highest BCUT2D eigenvalue weighted by molar-refractivity contribution is 5.84. The third-order valence-electron chi connectivity index (χ3n) is 1.77. The molecule has 68 valence electrons. The minimum absolute atomic E-state index is 0.254. The first-order valence-corrected chi connectivity index (χ1v) is 4.00. The lowest BCUT2D eigenvalue weighted by atomic mass is 10.4. The van der Waals surface area contributed by atoms with Crippen LogP contribution in [0.25, 0.3) is 6.08 Å². The molecule has 1 aliphatic rings. The fourth-order valence-corrected chi connectivity index (χ4v) is 0.965. The highest BCUT2D eigenvalue weighted by Gasteiger charge is 2.28. The van der Waals surface area contributed by atoms with E-state index in [1.807, 2.05) is 0 Å². The van der Waals surface area contributed by atoms with Gasteiger partial charge < -0.3 is 9.63 Å². The number of hydrogen-bond acceptors (Lipinski definition) is 4. The molecule has 0 amide bonds. The molecule has 5 heteroatoms. The summed E-state index contributed by atoms with van der Waals surface area (Å²) in [5, 5.41) is 12.1. The number of aromatic nitrogens is 2. The van der Waals surface area contributed by atoms with Crippen molar-refractivity contribution in [3.8, 4) is 0 Å². The van der Waals surface area contributed by atoms with Crippen molar-refractivity contribution < 1.29 is 14.4 Å². The van der Waals surface area contributed by atoms with Gasteiger partial charge >= 0.3 is 5.97 Å². The third-order valence-corrected chi connectivity index (χ3v) is 1.77. The Morgan fingerprint density at radius 1 is 1.62 bits per heavy atom. The topological polar surface area (TPSA) is 76.2 Å². The standard InChI is InChI=1S/C8H8N2O3/c11-7(12)4-3-6-9-8(10-13-6)5-1-2-5/h3-5H,1-2H2,(H,11,12). The van der Waals surface area contributed by atoms with E-state index in [2.05, 4.69) is 10.1 Å². The predicted octanol–water partition coefficient (Wildman–Crippen LogP) is 1.04. The van der Waals surface area contributed by atoms with Crippen LogP contribution in [-0.2, 0) is 4.79 Å². The zero-order valence-corrected chi connectivity index (χ0v) is 6.80. The predicted molar refractivity (Wildman–Crippen MR) is 42.9 cm³/mol. The van der Waals surface area contributed by atoms with Gasteiger partial charge in [-0.3, -0.25) is 0 Å². The largest absolute Gasteiger partial charge is 0.478 e. The molecule has 1 aliphatic carbocycles. The third kappa shape index (κ3) is 1.93. The van der Waals surface area contributed by atoms with E-state index in [1.54, 1.807) is 0 Å². The van der Waals surface area contributed by atoms with Crippen LogP contribution in [-0.4, -0.2) is 21.2 Å². The van der Waals surface area contributed by atoms with E-state index in [0.29, 0.717) is 11.7 Å². The molecule has 1 N–H and O–H groups in total. The molecule has 1 heterocycles. The zero-order chi connectivity index (χ0) is 9.26. The van der Waals surface area contributed by atoms with Crippen molar-refractivity contribution in [2.45, 2.75) is 18.8 Å². The van der Waals surface area contributed by atoms with Crippen LogP contribution < -0.4 is 0 Å². The molecular weight excluding hydrogens is 172 g/mol. The Bertz CT molecular complexity index is 352. The molecule has 5 nitrogen and oxygen atoms in total. The number of hydrogen-bond donors (Lipinski definition) is 1. The summed E-state index contributed by atoms with van der Waals surface area (Å²) in [4.78, 5) is 14.2. The maximum Gasteiger partial charge on any atom is 0.328 e. The Morgan fingerprint density at radius 3 is 3.00 bits per heavy atom. The molecule has 0 saturated heterocycles. The van der Waals surface area contributed by atoms with E-state index in [1.165, 1.54) is 6.08 Å². The van der Waals surface area contributed by atoms with Crippen LogP contribution in [0, 0.1) is 0 Å². The van der Waals surface area contributed by atoms with Gasteiger partial charge in [0, 0.05) is 18.1 Å². The van der Waals surface area contributed by atoms with Crippen LogP contribution in [0.5, 0.6) is 0 Å². The Morgan fingerprint density at radius 2 is 2.38 bits per heavy atom. The van der Waals surface area contributed by atoms with Gasteiger partial charge in [0.05, 0.1) is 0 Å². The van der Waals surface area contributed by atoms with Crippen molar-refractivity contribution in [3.05, 3.63) is 17.8 Å². The monoisotopic (exact) mass is 180 g/mol. The first kappa shape index (κ1) is 7.97. The minimum atomic E-state index is -1.02. The van der Waals surface area contributed by atoms with Crippen LogP contribution in [0.15, 0.2) is 10.6 Å². The molecule has 0 radical (unpaired) electrons. The Hall–Kier alpha value is -1.65. The molecule has 1 aromatic heterocycles. The fraction of sp³-hybridized carbons (Fsp3) is 0.375. The smallest absolute Gasteiger partial charge is 0.328 e. The summed E-state index contributed by atoms with van der Waals surface area (Å²) in [6, 6.07) is 0. The first-order valence-electron chi connectivity index (χ1n) is 4.00. The van der Waals surface area contributed by atoms with Gasteiger partial charge in [-0.05, 0) is 12.8 Å². The van der Waals surface area contributed by atoms with Gasteiger partial charge in [-0.25, -0.2) is 4.79 Å². The van der Waals surface area contributed by atoms with E-state index in [-0.39, 0.29) is 5.89 Å².